The maximum atomic E-state index is 15.4. The number of nitrogens with zero attached hydrogens (tertiary/aromatic N) is 8. The molecule has 5 amide bonds. The van der Waals surface area contributed by atoms with Gasteiger partial charge in [0.25, 0.3) is 23.6 Å². The number of piperazine rings is 1. The normalized spacial score (nSPS) is 16.0. The maximum absolute atomic E-state index is 15.4. The Hall–Kier alpha value is -10.7. The van der Waals surface area contributed by atoms with Crippen LogP contribution in [0.15, 0.2) is 146 Å². The number of carbonyl (C=O) groups excluding carboxylic acids is 5. The number of carbonyl (C=O) groups is 5. The molecule has 4 aliphatic rings. The minimum absolute atomic E-state index is 0.122. The Bertz CT molecular complexity index is 5050. The lowest BCUT2D eigenvalue weighted by molar-refractivity contribution is 0.0123. The van der Waals surface area contributed by atoms with Gasteiger partial charge in [0.2, 0.25) is 0 Å². The molecule has 6 N–H and O–H groups in total. The summed E-state index contributed by atoms with van der Waals surface area (Å²) in [4.78, 5) is 80.7. The van der Waals surface area contributed by atoms with Gasteiger partial charge in [0.05, 0.1) is 34.5 Å². The van der Waals surface area contributed by atoms with E-state index in [1.54, 1.807) is 72.8 Å². The number of likely N-dealkylation sites (tertiary alicyclic amines) is 2. The highest BCUT2D eigenvalue weighted by molar-refractivity contribution is 6.17. The van der Waals surface area contributed by atoms with Gasteiger partial charge in [-0.05, 0) is 186 Å². The van der Waals surface area contributed by atoms with Gasteiger partial charge in [0.1, 0.15) is 17.2 Å². The first-order valence-corrected chi connectivity index (χ1v) is 39.1. The monoisotopic (exact) mass is 1530 g/mol. The Balaban J connectivity index is 0.000000200. The third kappa shape index (κ3) is 18.7. The number of benzene rings is 6. The Morgan fingerprint density at radius 2 is 0.955 bits per heavy atom. The average molecular weight is 1530 g/mol. The smallest absolute Gasteiger partial charge is 0.410 e. The van der Waals surface area contributed by atoms with Crippen LogP contribution in [-0.4, -0.2) is 138 Å². The van der Waals surface area contributed by atoms with Crippen LogP contribution in [0, 0.1) is 11.6 Å². The number of pyridine rings is 2. The van der Waals surface area contributed by atoms with Crippen molar-refractivity contribution in [3.05, 3.63) is 225 Å². The van der Waals surface area contributed by atoms with E-state index < -0.39 is 5.60 Å². The zero-order chi connectivity index (χ0) is 77.9. The van der Waals surface area contributed by atoms with Crippen LogP contribution in [0.4, 0.5) is 25.0 Å². The number of rotatable bonds is 25. The van der Waals surface area contributed by atoms with Crippen LogP contribution in [-0.2, 0) is 78.7 Å². The van der Waals surface area contributed by atoms with Gasteiger partial charge in [0.15, 0.2) is 11.3 Å². The van der Waals surface area contributed by atoms with Crippen molar-refractivity contribution in [2.45, 2.75) is 175 Å². The highest BCUT2D eigenvalue weighted by Gasteiger charge is 2.46. The largest absolute Gasteiger partial charge is 0.444 e. The lowest BCUT2D eigenvalue weighted by Crippen LogP contribution is -2.49. The summed E-state index contributed by atoms with van der Waals surface area (Å²) in [6.07, 6.45) is 9.23. The molecule has 25 heteroatoms. The number of fused-ring (bicyclic) bond motifs is 4. The minimum Gasteiger partial charge on any atom is -0.444 e. The predicted molar refractivity (Wildman–Crippen MR) is 426 cm³/mol. The molecule has 14 rings (SSSR count). The fourth-order valence-corrected chi connectivity index (χ4v) is 15.3. The highest BCUT2D eigenvalue weighted by Crippen LogP contribution is 2.37. The Morgan fingerprint density at radius 1 is 0.523 bits per heavy atom. The van der Waals surface area contributed by atoms with Crippen molar-refractivity contribution >= 4 is 74.8 Å². The predicted octanol–water partition coefficient (Wildman–Crippen LogP) is 14.5. The van der Waals surface area contributed by atoms with Gasteiger partial charge in [-0.25, -0.2) is 32.9 Å². The van der Waals surface area contributed by atoms with Crippen LogP contribution in [0.3, 0.4) is 0 Å². The van der Waals surface area contributed by atoms with E-state index in [1.165, 1.54) is 12.1 Å². The number of aromatic nitrogens is 6. The van der Waals surface area contributed by atoms with E-state index >= 15 is 4.39 Å². The van der Waals surface area contributed by atoms with E-state index in [9.17, 15) is 28.4 Å². The second-order valence-corrected chi connectivity index (χ2v) is 29.9. The first-order chi connectivity index (χ1) is 53.7. The molecule has 6 aromatic carbocycles. The summed E-state index contributed by atoms with van der Waals surface area (Å²) < 4.78 is 50.7. The fourth-order valence-electron chi connectivity index (χ4n) is 15.1. The van der Waals surface area contributed by atoms with E-state index in [0.29, 0.717) is 110 Å². The molecular weight excluding hydrogens is 1430 g/mol. The third-order valence-electron chi connectivity index (χ3n) is 20.9. The van der Waals surface area contributed by atoms with Crippen LogP contribution in [0.5, 0.6) is 0 Å². The molecule has 111 heavy (non-hydrogen) atoms. The van der Waals surface area contributed by atoms with Gasteiger partial charge < -0.3 is 51.0 Å². The standard InChI is InChI=1S/C48H57FN8O5.C38H40ClFN6O3/c1-6-42-39(43(53-35-16-18-61-19-17-35)40-26-52-57(7-2)44(40)54-42)25-51-46(59)34-13-9-12-33(22-34)45(58)50-24-30-14-15-41(49)38(21-30)32-11-8-10-31(20-32)27-55-28-37-23-36(55)29-56(37)47(60)62-48(3,4)5;1-3-34-31(35(44-29-13-15-49-16-14-29)32-23-43-46(4-2)36(32)45-34)22-42-38(48)28-10-6-9-27(19-28)37(47)41-21-25-11-12-33(40)30(18-25)26-8-5-7-24(17-26)20-39/h8-15,20-22,26,35-37H,6-7,16-19,23-25,27-29H2,1-5H3,(H,50,58)(H,51,59)(H,53,54);5-12,17-19,23,29H,3-4,13-16,20-22H2,1-2H3,(H,41,47)(H,42,48)(H,44,45)/t36-,37-;/m0./s1. The van der Waals surface area contributed by atoms with Crippen LogP contribution in [0.25, 0.3) is 44.3 Å². The molecule has 4 aliphatic heterocycles. The summed E-state index contributed by atoms with van der Waals surface area (Å²) in [7, 11) is 0. The molecule has 2 bridgehead atoms. The topological polar surface area (TPSA) is 253 Å². The Kier molecular flexibility index (Phi) is 25.1. The second-order valence-electron chi connectivity index (χ2n) is 29.6. The van der Waals surface area contributed by atoms with Crippen LogP contribution in [0.2, 0.25) is 0 Å². The molecule has 4 saturated heterocycles. The van der Waals surface area contributed by atoms with Crippen molar-refractivity contribution < 1.29 is 47.0 Å². The number of aryl methyl sites for hydroxylation is 4. The Labute approximate surface area is 650 Å². The van der Waals surface area contributed by atoms with E-state index in [-0.39, 0.29) is 91.7 Å². The molecule has 0 aliphatic carbocycles. The summed E-state index contributed by atoms with van der Waals surface area (Å²) in [6.45, 7) is 20.9. The number of hydrogen-bond donors (Lipinski definition) is 6. The van der Waals surface area contributed by atoms with Crippen molar-refractivity contribution in [1.29, 1.82) is 0 Å². The van der Waals surface area contributed by atoms with Crippen LogP contribution >= 0.6 is 11.6 Å². The van der Waals surface area contributed by atoms with E-state index in [4.69, 9.17) is 35.8 Å². The van der Waals surface area contributed by atoms with Crippen LogP contribution in [0.1, 0.15) is 167 Å². The fraction of sp³-hybridized carbons (Fsp3) is 0.384. The summed E-state index contributed by atoms with van der Waals surface area (Å²) >= 11 is 5.97. The summed E-state index contributed by atoms with van der Waals surface area (Å²) in [6, 6.07) is 39.0. The van der Waals surface area contributed by atoms with Crippen LogP contribution < -0.4 is 31.9 Å². The van der Waals surface area contributed by atoms with E-state index in [0.717, 1.165) is 122 Å². The molecule has 0 radical (unpaired) electrons. The number of halogens is 3. The summed E-state index contributed by atoms with van der Waals surface area (Å²) in [5, 5.41) is 30.5. The minimum atomic E-state index is -0.534. The van der Waals surface area contributed by atoms with E-state index in [1.807, 2.05) is 110 Å². The van der Waals surface area contributed by atoms with Gasteiger partial charge in [-0.1, -0.05) is 74.5 Å². The molecule has 580 valence electrons. The Morgan fingerprint density at radius 3 is 1.37 bits per heavy atom. The summed E-state index contributed by atoms with van der Waals surface area (Å²) in [5.41, 5.74) is 13.8. The number of hydrogen-bond acceptors (Lipinski definition) is 15. The number of nitrogens with one attached hydrogen (secondary N) is 6. The number of ether oxygens (including phenoxy) is 3. The molecule has 0 saturated carbocycles. The summed E-state index contributed by atoms with van der Waals surface area (Å²) in [5.74, 6) is -1.69. The molecule has 4 aromatic heterocycles. The van der Waals surface area contributed by atoms with Crippen molar-refractivity contribution in [3.63, 3.8) is 0 Å². The zero-order valence-electron chi connectivity index (χ0n) is 64.0. The lowest BCUT2D eigenvalue weighted by Gasteiger charge is -2.35. The maximum Gasteiger partial charge on any atom is 0.410 e. The molecule has 22 nitrogen and oxygen atoms in total. The quantitative estimate of drug-likeness (QED) is 0.0291. The molecular formula is C86H97ClF2N14O8. The third-order valence-corrected chi connectivity index (χ3v) is 21.3. The molecule has 0 unspecified atom stereocenters. The molecule has 0 spiro atoms. The highest BCUT2D eigenvalue weighted by atomic mass is 35.5. The zero-order valence-corrected chi connectivity index (χ0v) is 64.7. The molecule has 4 fully saturated rings. The van der Waals surface area contributed by atoms with Gasteiger partial charge in [-0.2, -0.15) is 10.2 Å². The van der Waals surface area contributed by atoms with Crippen molar-refractivity contribution in [2.24, 2.45) is 0 Å². The lowest BCUT2D eigenvalue weighted by atomic mass is 10.00. The molecule has 8 heterocycles. The van der Waals surface area contributed by atoms with Gasteiger partial charge >= 0.3 is 6.09 Å². The van der Waals surface area contributed by atoms with Crippen molar-refractivity contribution in [1.82, 2.24) is 60.6 Å². The first-order valence-electron chi connectivity index (χ1n) is 38.6. The average Bonchev–Trinajstić information content (AvgIpc) is 1.66. The van der Waals surface area contributed by atoms with Crippen molar-refractivity contribution in [2.75, 3.05) is 50.2 Å². The van der Waals surface area contributed by atoms with Gasteiger partial charge in [-0.3, -0.25) is 24.1 Å². The number of alkyl halides is 1. The van der Waals surface area contributed by atoms with Crippen molar-refractivity contribution in [3.8, 4) is 22.3 Å². The number of amides is 5. The van der Waals surface area contributed by atoms with E-state index in [2.05, 4.69) is 60.8 Å². The molecule has 10 aromatic rings. The van der Waals surface area contributed by atoms with Gasteiger partial charge in [0, 0.05) is 171 Å². The van der Waals surface area contributed by atoms with Gasteiger partial charge in [-0.15, -0.1) is 11.6 Å². The second kappa shape index (κ2) is 35.6. The molecule has 2 atom stereocenters. The SMILES string of the molecule is CCc1nc2c(cnn2CC)c(NC2CCOCC2)c1CNC(=O)c1cccc(C(=O)NCc2ccc(F)c(-c3cccc(CCl)c3)c2)c1.CCc1nc2c(cnn2CC)c(NC2CCOCC2)c1CNC(=O)c1cccc(C(=O)NCc2ccc(F)c(-c3cccc(CN4C[C@@H]5C[C@H]4CN5C(=O)OC(C)(C)C)c3)c2)c1. The first kappa shape index (κ1) is 78.5. The number of anilines is 2.